The van der Waals surface area contributed by atoms with E-state index < -0.39 is 7.92 Å². The Morgan fingerprint density at radius 3 is 0.923 bits per heavy atom. The van der Waals surface area contributed by atoms with Gasteiger partial charge in [0, 0.05) is 0 Å². The molecule has 1 saturated carbocycles. The molecule has 0 unspecified atom stereocenters. The summed E-state index contributed by atoms with van der Waals surface area (Å²) in [6, 6.07) is 32.3. The van der Waals surface area contributed by atoms with Crippen molar-refractivity contribution in [3.05, 3.63) is 91.0 Å². The summed E-state index contributed by atoms with van der Waals surface area (Å²) in [5.41, 5.74) is 0. The molecule has 139 valence electrons. The Labute approximate surface area is 171 Å². The summed E-state index contributed by atoms with van der Waals surface area (Å²) in [5.74, 6) is 0. The van der Waals surface area contributed by atoms with Crippen molar-refractivity contribution in [1.29, 1.82) is 0 Å². The van der Waals surface area contributed by atoms with Crippen LogP contribution in [0.4, 0.5) is 0 Å². The van der Waals surface area contributed by atoms with Crippen LogP contribution in [0.1, 0.15) is 32.1 Å². The Hall–Kier alpha value is -1.13. The molecule has 0 atom stereocenters. The van der Waals surface area contributed by atoms with E-state index in [1.54, 1.807) is 0 Å². The zero-order valence-corrected chi connectivity index (χ0v) is 17.5. The summed E-state index contributed by atoms with van der Waals surface area (Å²) in [5, 5.41) is 4.19. The average Bonchev–Trinajstić information content (AvgIpc) is 3.33. The molecule has 0 N–H and O–H groups in total. The van der Waals surface area contributed by atoms with Gasteiger partial charge in [-0.05, 0) is 23.8 Å². The second kappa shape index (κ2) is 13.1. The Morgan fingerprint density at radius 2 is 0.692 bits per heavy atom. The maximum atomic E-state index is 4.26. The van der Waals surface area contributed by atoms with Crippen LogP contribution in [0, 0.1) is 0 Å². The molecule has 1 fully saturated rings. The molecule has 0 heterocycles. The molecule has 0 amide bonds. The summed E-state index contributed by atoms with van der Waals surface area (Å²) in [6.07, 6.45) is 7.50. The van der Waals surface area contributed by atoms with Gasteiger partial charge < -0.3 is 0 Å². The monoisotopic (exact) mass is 425 g/mol. The van der Waals surface area contributed by atoms with Crippen LogP contribution in [-0.2, 0) is 14.6 Å². The minimum absolute atomic E-state index is 0.446. The van der Waals surface area contributed by atoms with Gasteiger partial charge >= 0.3 is 24.8 Å². The third kappa shape index (κ3) is 6.88. The van der Waals surface area contributed by atoms with E-state index in [0.29, 0.717) is 0 Å². The minimum atomic E-state index is -0.446. The van der Waals surface area contributed by atoms with Crippen molar-refractivity contribution in [2.24, 2.45) is 0 Å². The van der Waals surface area contributed by atoms with Gasteiger partial charge in [-0.25, -0.2) is 0 Å². The minimum Gasteiger partial charge on any atom is -0.0622 e. The molecule has 1 aliphatic carbocycles. The van der Waals surface area contributed by atoms with Crippen molar-refractivity contribution in [3.8, 4) is 0 Å². The molecule has 26 heavy (non-hydrogen) atoms. The van der Waals surface area contributed by atoms with E-state index >= 15 is 0 Å². The summed E-state index contributed by atoms with van der Waals surface area (Å²) >= 11 is 3.35. The maximum absolute atomic E-state index is 4.26. The molecule has 0 bridgehead atoms. The first-order chi connectivity index (χ1) is 12.9. The molecule has 3 aromatic carbocycles. The van der Waals surface area contributed by atoms with Crippen LogP contribution in [0.3, 0.4) is 0 Å². The number of rotatable bonds is 3. The van der Waals surface area contributed by atoms with Crippen LogP contribution in [0.5, 0.6) is 0 Å². The molecule has 0 saturated heterocycles. The van der Waals surface area contributed by atoms with Crippen molar-refractivity contribution in [2.45, 2.75) is 32.1 Å². The Balaban J connectivity index is 0.000000295. The third-order valence-corrected chi connectivity index (χ3v) is 6.74. The van der Waals surface area contributed by atoms with Gasteiger partial charge in [0.15, 0.2) is 0 Å². The SMILES string of the molecule is C1CCCC1.[Cl][Ni].c1ccc(P(c2ccccc2)c2ccccc2)cc1. The fourth-order valence-corrected chi connectivity index (χ4v) is 5.37. The molecule has 3 heteroatoms. The Kier molecular flexibility index (Phi) is 10.7. The Morgan fingerprint density at radius 1 is 0.462 bits per heavy atom. The second-order valence-electron chi connectivity index (χ2n) is 6.11. The Bertz CT molecular complexity index is 599. The predicted octanol–water partition coefficient (Wildman–Crippen LogP) is 6.08. The third-order valence-electron chi connectivity index (χ3n) is 4.29. The van der Waals surface area contributed by atoms with Gasteiger partial charge in [-0.1, -0.05) is 123 Å². The topological polar surface area (TPSA) is 0 Å². The maximum Gasteiger partial charge on any atom is -0.0134 e. The molecule has 1 aliphatic rings. The first-order valence-corrected chi connectivity index (χ1v) is 11.7. The van der Waals surface area contributed by atoms with E-state index in [-0.39, 0.29) is 0 Å². The van der Waals surface area contributed by atoms with Gasteiger partial charge in [0.1, 0.15) is 0 Å². The van der Waals surface area contributed by atoms with E-state index in [9.17, 15) is 0 Å². The summed E-state index contributed by atoms with van der Waals surface area (Å²) in [4.78, 5) is 0. The van der Waals surface area contributed by atoms with Crippen LogP contribution in [0.2, 0.25) is 0 Å². The van der Waals surface area contributed by atoms with Crippen LogP contribution in [0.25, 0.3) is 0 Å². The molecule has 0 nitrogen and oxygen atoms in total. The number of hydrogen-bond acceptors (Lipinski definition) is 0. The first kappa shape index (κ1) is 21.2. The number of halogens is 1. The van der Waals surface area contributed by atoms with Gasteiger partial charge in [0.25, 0.3) is 0 Å². The second-order valence-corrected chi connectivity index (χ2v) is 8.33. The zero-order valence-electron chi connectivity index (χ0n) is 14.8. The van der Waals surface area contributed by atoms with E-state index in [1.807, 2.05) is 0 Å². The molecule has 3 aromatic rings. The van der Waals surface area contributed by atoms with Gasteiger partial charge in [0.05, 0.1) is 0 Å². The molecular weight excluding hydrogens is 401 g/mol. The normalized spacial score (nSPS) is 12.6. The number of benzene rings is 3. The van der Waals surface area contributed by atoms with Crippen LogP contribution >= 0.6 is 18.1 Å². The van der Waals surface area contributed by atoms with Crippen LogP contribution in [0.15, 0.2) is 91.0 Å². The van der Waals surface area contributed by atoms with Crippen molar-refractivity contribution in [2.75, 3.05) is 0 Å². The van der Waals surface area contributed by atoms with E-state index in [0.717, 1.165) is 0 Å². The molecule has 0 aliphatic heterocycles. The molecule has 4 rings (SSSR count). The molecule has 0 aromatic heterocycles. The quantitative estimate of drug-likeness (QED) is 0.352. The first-order valence-electron chi connectivity index (χ1n) is 9.02. The summed E-state index contributed by atoms with van der Waals surface area (Å²) in [7, 11) is 3.82. The summed E-state index contributed by atoms with van der Waals surface area (Å²) < 4.78 is 0. The number of hydrogen-bond donors (Lipinski definition) is 0. The van der Waals surface area contributed by atoms with Gasteiger partial charge in [0.2, 0.25) is 0 Å². The van der Waals surface area contributed by atoms with Gasteiger partial charge in [-0.2, -0.15) is 0 Å². The molecule has 0 spiro atoms. The smallest absolute Gasteiger partial charge is 0.0134 e. The van der Waals surface area contributed by atoms with Crippen LogP contribution < -0.4 is 15.9 Å². The molecular formula is C23H25ClNiP. The predicted molar refractivity (Wildman–Crippen MR) is 114 cm³/mol. The average molecular weight is 427 g/mol. The fraction of sp³-hybridized carbons (Fsp3) is 0.217. The van der Waals surface area contributed by atoms with E-state index in [1.165, 1.54) is 48.0 Å². The molecule has 0 radical (unpaired) electrons. The van der Waals surface area contributed by atoms with E-state index in [4.69, 9.17) is 0 Å². The van der Waals surface area contributed by atoms with Crippen molar-refractivity contribution >= 4 is 34.0 Å². The standard InChI is InChI=1S/C18H15P.C5H10.ClH.Ni/c1-4-10-16(11-5-1)19(17-12-6-2-7-13-17)18-14-8-3-9-15-18;1-2-4-5-3-1;;/h1-15H;1-5H2;1H;/q;;;+1/p-1. The van der Waals surface area contributed by atoms with Crippen molar-refractivity contribution in [1.82, 2.24) is 0 Å². The van der Waals surface area contributed by atoms with Crippen LogP contribution in [-0.4, -0.2) is 0 Å². The fourth-order valence-electron chi connectivity index (χ4n) is 3.06. The van der Waals surface area contributed by atoms with Gasteiger partial charge in [-0.3, -0.25) is 0 Å². The van der Waals surface area contributed by atoms with Crippen molar-refractivity contribution in [3.63, 3.8) is 0 Å². The zero-order chi connectivity index (χ0) is 18.5. The van der Waals surface area contributed by atoms with Gasteiger partial charge in [-0.15, -0.1) is 0 Å². The van der Waals surface area contributed by atoms with Crippen molar-refractivity contribution < 1.29 is 14.6 Å². The van der Waals surface area contributed by atoms with E-state index in [2.05, 4.69) is 116 Å². The summed E-state index contributed by atoms with van der Waals surface area (Å²) in [6.45, 7) is 0. The largest absolute Gasteiger partial charge is 0.0622 e.